The molecule has 1 unspecified atom stereocenters. The summed E-state index contributed by atoms with van der Waals surface area (Å²) in [6.45, 7) is -1.66. The molecule has 1 atom stereocenters. The number of rotatable bonds is 8. The number of nitrogens with one attached hydrogen (secondary N) is 1. The topological polar surface area (TPSA) is 38.3 Å². The van der Waals surface area contributed by atoms with Crippen molar-refractivity contribution < 1.29 is 17.7 Å². The Morgan fingerprint density at radius 1 is 1.39 bits per heavy atom. The third kappa shape index (κ3) is 6.07. The highest BCUT2D eigenvalue weighted by Crippen LogP contribution is 2.19. The van der Waals surface area contributed by atoms with E-state index in [-0.39, 0.29) is 5.75 Å². The fourth-order valence-electron chi connectivity index (χ4n) is 1.48. The molecule has 1 aromatic carbocycles. The Balaban J connectivity index is 2.39. The maximum absolute atomic E-state index is 12.2. The minimum Gasteiger partial charge on any atom is -0.434 e. The molecule has 3 nitrogen and oxygen atoms in total. The van der Waals surface area contributed by atoms with Crippen molar-refractivity contribution >= 4 is 10.8 Å². The van der Waals surface area contributed by atoms with Crippen LogP contribution < -0.4 is 10.1 Å². The zero-order valence-electron chi connectivity index (χ0n) is 10.2. The summed E-state index contributed by atoms with van der Waals surface area (Å²) in [7, 11) is -0.790. The second-order valence-electron chi connectivity index (χ2n) is 3.79. The number of ether oxygens (including phenoxy) is 1. The van der Waals surface area contributed by atoms with Crippen LogP contribution in [0.25, 0.3) is 0 Å². The van der Waals surface area contributed by atoms with Gasteiger partial charge in [0, 0.05) is 34.9 Å². The molecule has 0 saturated heterocycles. The Labute approximate surface area is 108 Å². The fourth-order valence-corrected chi connectivity index (χ4v) is 2.04. The van der Waals surface area contributed by atoms with Crippen LogP contribution in [-0.4, -0.2) is 29.4 Å². The quantitative estimate of drug-likeness (QED) is 0.740. The molecule has 0 aliphatic rings. The van der Waals surface area contributed by atoms with Crippen LogP contribution in [0.4, 0.5) is 8.78 Å². The molecular formula is C12H17F2NO2S. The van der Waals surface area contributed by atoms with Gasteiger partial charge in [-0.2, -0.15) is 8.78 Å². The van der Waals surface area contributed by atoms with E-state index in [9.17, 15) is 13.0 Å². The van der Waals surface area contributed by atoms with Crippen LogP contribution in [0.1, 0.15) is 12.0 Å². The van der Waals surface area contributed by atoms with Gasteiger partial charge in [-0.1, -0.05) is 18.2 Å². The van der Waals surface area contributed by atoms with Crippen molar-refractivity contribution in [3.05, 3.63) is 29.8 Å². The Morgan fingerprint density at radius 3 is 2.78 bits per heavy atom. The Morgan fingerprint density at radius 2 is 2.11 bits per heavy atom. The summed E-state index contributed by atoms with van der Waals surface area (Å²) in [6, 6.07) is 6.69. The van der Waals surface area contributed by atoms with Gasteiger partial charge in [0.1, 0.15) is 5.75 Å². The van der Waals surface area contributed by atoms with Crippen molar-refractivity contribution in [2.75, 3.05) is 18.6 Å². The van der Waals surface area contributed by atoms with Gasteiger partial charge in [-0.05, 0) is 19.0 Å². The molecular weight excluding hydrogens is 260 g/mol. The molecule has 0 spiro atoms. The van der Waals surface area contributed by atoms with Crippen molar-refractivity contribution in [1.82, 2.24) is 5.32 Å². The van der Waals surface area contributed by atoms with E-state index < -0.39 is 17.4 Å². The largest absolute Gasteiger partial charge is 0.434 e. The smallest absolute Gasteiger partial charge is 0.387 e. The van der Waals surface area contributed by atoms with Gasteiger partial charge in [0.05, 0.1) is 0 Å². The van der Waals surface area contributed by atoms with Crippen LogP contribution in [0.3, 0.4) is 0 Å². The van der Waals surface area contributed by atoms with Crippen molar-refractivity contribution in [3.63, 3.8) is 0 Å². The van der Waals surface area contributed by atoms with Crippen LogP contribution in [0.5, 0.6) is 5.75 Å². The van der Waals surface area contributed by atoms with Gasteiger partial charge >= 0.3 is 6.61 Å². The number of hydrogen-bond acceptors (Lipinski definition) is 3. The molecule has 1 rings (SSSR count). The molecule has 6 heteroatoms. The van der Waals surface area contributed by atoms with Crippen molar-refractivity contribution in [1.29, 1.82) is 0 Å². The standard InChI is InChI=1S/C12H17F2NO2S/c1-18(16)8-4-7-15-9-10-5-2-3-6-11(10)17-12(13)14/h2-3,5-6,12,15H,4,7-9H2,1H3. The zero-order valence-corrected chi connectivity index (χ0v) is 11.0. The summed E-state index contributed by atoms with van der Waals surface area (Å²) in [5.41, 5.74) is 0.690. The normalized spacial score (nSPS) is 12.7. The van der Waals surface area contributed by atoms with E-state index in [4.69, 9.17) is 0 Å². The van der Waals surface area contributed by atoms with E-state index in [0.29, 0.717) is 24.4 Å². The third-order valence-corrected chi connectivity index (χ3v) is 3.15. The maximum Gasteiger partial charge on any atom is 0.387 e. The number of alkyl halides is 2. The first-order valence-corrected chi connectivity index (χ1v) is 7.36. The van der Waals surface area contributed by atoms with Crippen LogP contribution in [0, 0.1) is 0 Å². The minimum atomic E-state index is -2.81. The van der Waals surface area contributed by atoms with Gasteiger partial charge in [-0.25, -0.2) is 0 Å². The SMILES string of the molecule is CS(=O)CCCNCc1ccccc1OC(F)F. The predicted octanol–water partition coefficient (Wildman–Crippen LogP) is 2.15. The molecule has 0 aliphatic heterocycles. The molecule has 0 fully saturated rings. The van der Waals surface area contributed by atoms with Gasteiger partial charge in [0.2, 0.25) is 0 Å². The second-order valence-corrected chi connectivity index (χ2v) is 5.35. The molecule has 1 N–H and O–H groups in total. The van der Waals surface area contributed by atoms with E-state index in [2.05, 4.69) is 10.1 Å². The van der Waals surface area contributed by atoms with Crippen LogP contribution in [0.15, 0.2) is 24.3 Å². The Kier molecular flexibility index (Phi) is 6.82. The molecule has 0 heterocycles. The average Bonchev–Trinajstić information content (AvgIpc) is 2.29. The first-order chi connectivity index (χ1) is 8.59. The highest BCUT2D eigenvalue weighted by molar-refractivity contribution is 7.84. The summed E-state index contributed by atoms with van der Waals surface area (Å²) in [4.78, 5) is 0. The lowest BCUT2D eigenvalue weighted by molar-refractivity contribution is -0.0504. The van der Waals surface area contributed by atoms with E-state index in [1.54, 1.807) is 24.5 Å². The average molecular weight is 277 g/mol. The van der Waals surface area contributed by atoms with E-state index in [1.165, 1.54) is 6.07 Å². The number of benzene rings is 1. The van der Waals surface area contributed by atoms with Gasteiger partial charge in [-0.15, -0.1) is 0 Å². The van der Waals surface area contributed by atoms with Crippen LogP contribution >= 0.6 is 0 Å². The molecule has 0 amide bonds. The second kappa shape index (κ2) is 8.16. The minimum absolute atomic E-state index is 0.194. The van der Waals surface area contributed by atoms with Crippen molar-refractivity contribution in [2.24, 2.45) is 0 Å². The number of halogens is 2. The summed E-state index contributed by atoms with van der Waals surface area (Å²) in [5, 5.41) is 3.11. The van der Waals surface area contributed by atoms with Gasteiger partial charge in [0.15, 0.2) is 0 Å². The summed E-state index contributed by atoms with van der Waals surface area (Å²) < 4.78 is 39.6. The lowest BCUT2D eigenvalue weighted by atomic mass is 10.2. The fraction of sp³-hybridized carbons (Fsp3) is 0.500. The Hall–Kier alpha value is -1.01. The summed E-state index contributed by atoms with van der Waals surface area (Å²) in [5.74, 6) is 0.835. The molecule has 0 aliphatic carbocycles. The maximum atomic E-state index is 12.2. The molecule has 18 heavy (non-hydrogen) atoms. The van der Waals surface area contributed by atoms with E-state index in [0.717, 1.165) is 6.42 Å². The monoisotopic (exact) mass is 277 g/mol. The third-order valence-electron chi connectivity index (χ3n) is 2.29. The summed E-state index contributed by atoms with van der Waals surface area (Å²) >= 11 is 0. The molecule has 102 valence electrons. The first-order valence-electron chi connectivity index (χ1n) is 5.63. The van der Waals surface area contributed by atoms with E-state index >= 15 is 0 Å². The predicted molar refractivity (Wildman–Crippen MR) is 68.3 cm³/mol. The van der Waals surface area contributed by atoms with Crippen molar-refractivity contribution in [2.45, 2.75) is 19.6 Å². The molecule has 0 radical (unpaired) electrons. The number of para-hydroxylation sites is 1. The van der Waals surface area contributed by atoms with Crippen LogP contribution in [-0.2, 0) is 17.3 Å². The van der Waals surface area contributed by atoms with Crippen LogP contribution in [0.2, 0.25) is 0 Å². The van der Waals surface area contributed by atoms with Crippen molar-refractivity contribution in [3.8, 4) is 5.75 Å². The lowest BCUT2D eigenvalue weighted by Crippen LogP contribution is -2.17. The van der Waals surface area contributed by atoms with E-state index in [1.807, 2.05) is 0 Å². The lowest BCUT2D eigenvalue weighted by Gasteiger charge is -2.11. The molecule has 0 aromatic heterocycles. The summed E-state index contributed by atoms with van der Waals surface area (Å²) in [6.07, 6.45) is 2.45. The Bertz CT molecular complexity index is 388. The number of hydrogen-bond donors (Lipinski definition) is 1. The van der Waals surface area contributed by atoms with Gasteiger partial charge in [-0.3, -0.25) is 4.21 Å². The molecule has 1 aromatic rings. The molecule has 0 bridgehead atoms. The highest BCUT2D eigenvalue weighted by atomic mass is 32.2. The first kappa shape index (κ1) is 15.0. The molecule has 0 saturated carbocycles. The van der Waals surface area contributed by atoms with Gasteiger partial charge < -0.3 is 10.1 Å². The highest BCUT2D eigenvalue weighted by Gasteiger charge is 2.08. The van der Waals surface area contributed by atoms with Gasteiger partial charge in [0.25, 0.3) is 0 Å². The zero-order chi connectivity index (χ0) is 13.4.